The number of aromatic nitrogens is 6. The largest absolute Gasteiger partial charge is 0.396 e. The lowest BCUT2D eigenvalue weighted by Crippen LogP contribution is -2.21. The summed E-state index contributed by atoms with van der Waals surface area (Å²) in [6.45, 7) is 1.72. The predicted octanol–water partition coefficient (Wildman–Crippen LogP) is 1.65. The Labute approximate surface area is 140 Å². The molecule has 0 spiro atoms. The molecule has 7 heteroatoms. The average Bonchev–Trinajstić information content (AvgIpc) is 3.26. The first kappa shape index (κ1) is 15.0. The highest BCUT2D eigenvalue weighted by molar-refractivity contribution is 5.48. The standard InChI is InChI=1S/C17H20N6O/c24-11-3-9-23-17(13-6-10-22-14(12-13)5-8-19-22)20-16(21-23)15-4-1-2-7-18-15/h1-2,4-5,7-8,13,24H,3,6,9-12H2. The lowest BCUT2D eigenvalue weighted by Gasteiger charge is -2.22. The molecular formula is C17H20N6O. The number of hydrogen-bond donors (Lipinski definition) is 1. The van der Waals surface area contributed by atoms with Gasteiger partial charge in [0.25, 0.3) is 0 Å². The molecule has 3 aromatic rings. The smallest absolute Gasteiger partial charge is 0.200 e. The Bertz CT molecular complexity index is 810. The van der Waals surface area contributed by atoms with Gasteiger partial charge in [-0.05, 0) is 37.5 Å². The van der Waals surface area contributed by atoms with Crippen LogP contribution in [-0.4, -0.2) is 41.2 Å². The Morgan fingerprint density at radius 1 is 1.21 bits per heavy atom. The Hall–Kier alpha value is -2.54. The van der Waals surface area contributed by atoms with Crippen LogP contribution in [0.25, 0.3) is 11.5 Å². The third-order valence-corrected chi connectivity index (χ3v) is 4.44. The van der Waals surface area contributed by atoms with Crippen molar-refractivity contribution < 1.29 is 5.11 Å². The minimum Gasteiger partial charge on any atom is -0.396 e. The zero-order chi connectivity index (χ0) is 16.4. The molecule has 4 heterocycles. The van der Waals surface area contributed by atoms with E-state index in [1.165, 1.54) is 5.69 Å². The number of aliphatic hydroxyl groups excluding tert-OH is 1. The highest BCUT2D eigenvalue weighted by Gasteiger charge is 2.26. The number of aliphatic hydroxyl groups is 1. The van der Waals surface area contributed by atoms with Crippen molar-refractivity contribution >= 4 is 0 Å². The monoisotopic (exact) mass is 324 g/mol. The van der Waals surface area contributed by atoms with Gasteiger partial charge in [-0.2, -0.15) is 5.10 Å². The number of pyridine rings is 1. The summed E-state index contributed by atoms with van der Waals surface area (Å²) in [5.74, 6) is 1.96. The van der Waals surface area contributed by atoms with Crippen LogP contribution >= 0.6 is 0 Å². The quantitative estimate of drug-likeness (QED) is 0.772. The predicted molar refractivity (Wildman–Crippen MR) is 88.2 cm³/mol. The molecule has 4 rings (SSSR count). The summed E-state index contributed by atoms with van der Waals surface area (Å²) >= 11 is 0. The van der Waals surface area contributed by atoms with Crippen LogP contribution in [0.1, 0.15) is 30.3 Å². The molecule has 1 aliphatic rings. The van der Waals surface area contributed by atoms with Gasteiger partial charge in [-0.3, -0.25) is 9.67 Å². The Kier molecular flexibility index (Phi) is 4.08. The number of hydrogen-bond acceptors (Lipinski definition) is 5. The fourth-order valence-corrected chi connectivity index (χ4v) is 3.23. The summed E-state index contributed by atoms with van der Waals surface area (Å²) in [6.07, 6.45) is 6.19. The normalized spacial score (nSPS) is 17.0. The first-order valence-electron chi connectivity index (χ1n) is 8.33. The molecule has 0 amide bonds. The van der Waals surface area contributed by atoms with E-state index in [9.17, 15) is 0 Å². The van der Waals surface area contributed by atoms with E-state index in [0.717, 1.165) is 30.9 Å². The van der Waals surface area contributed by atoms with Crippen molar-refractivity contribution in [2.75, 3.05) is 6.61 Å². The summed E-state index contributed by atoms with van der Waals surface area (Å²) in [4.78, 5) is 9.15. The Morgan fingerprint density at radius 2 is 2.17 bits per heavy atom. The van der Waals surface area contributed by atoms with Crippen LogP contribution in [0.3, 0.4) is 0 Å². The van der Waals surface area contributed by atoms with Crippen molar-refractivity contribution in [2.24, 2.45) is 0 Å². The van der Waals surface area contributed by atoms with Crippen LogP contribution in [-0.2, 0) is 19.5 Å². The third-order valence-electron chi connectivity index (χ3n) is 4.44. The second kappa shape index (κ2) is 6.52. The van der Waals surface area contributed by atoms with Gasteiger partial charge in [0.15, 0.2) is 5.82 Å². The molecule has 0 saturated heterocycles. The molecule has 124 valence electrons. The van der Waals surface area contributed by atoms with Gasteiger partial charge in [0.05, 0.1) is 0 Å². The van der Waals surface area contributed by atoms with Gasteiger partial charge in [-0.25, -0.2) is 9.67 Å². The van der Waals surface area contributed by atoms with E-state index in [-0.39, 0.29) is 6.61 Å². The van der Waals surface area contributed by atoms with Gasteiger partial charge in [0.1, 0.15) is 11.5 Å². The maximum atomic E-state index is 9.17. The van der Waals surface area contributed by atoms with E-state index in [4.69, 9.17) is 10.1 Å². The zero-order valence-electron chi connectivity index (χ0n) is 13.4. The minimum absolute atomic E-state index is 0.148. The maximum absolute atomic E-state index is 9.17. The van der Waals surface area contributed by atoms with Crippen molar-refractivity contribution in [1.29, 1.82) is 0 Å². The molecular weight excluding hydrogens is 304 g/mol. The summed E-state index contributed by atoms with van der Waals surface area (Å²) in [7, 11) is 0. The molecule has 1 atom stereocenters. The lowest BCUT2D eigenvalue weighted by molar-refractivity contribution is 0.274. The molecule has 0 aromatic carbocycles. The van der Waals surface area contributed by atoms with E-state index in [0.29, 0.717) is 24.7 Å². The Morgan fingerprint density at radius 3 is 3.00 bits per heavy atom. The van der Waals surface area contributed by atoms with E-state index >= 15 is 0 Å². The highest BCUT2D eigenvalue weighted by Crippen LogP contribution is 2.29. The fourth-order valence-electron chi connectivity index (χ4n) is 3.23. The molecule has 0 aliphatic carbocycles. The van der Waals surface area contributed by atoms with Crippen LogP contribution in [0.15, 0.2) is 36.7 Å². The van der Waals surface area contributed by atoms with E-state index in [1.54, 1.807) is 6.20 Å². The first-order chi connectivity index (χ1) is 11.8. The highest BCUT2D eigenvalue weighted by atomic mass is 16.3. The van der Waals surface area contributed by atoms with E-state index in [1.807, 2.05) is 29.1 Å². The van der Waals surface area contributed by atoms with Crippen molar-refractivity contribution in [1.82, 2.24) is 29.5 Å². The van der Waals surface area contributed by atoms with Crippen LogP contribution in [0.4, 0.5) is 0 Å². The van der Waals surface area contributed by atoms with Gasteiger partial charge < -0.3 is 5.11 Å². The molecule has 1 unspecified atom stereocenters. The fraction of sp³-hybridized carbons (Fsp3) is 0.412. The minimum atomic E-state index is 0.148. The van der Waals surface area contributed by atoms with Crippen LogP contribution in [0.2, 0.25) is 0 Å². The first-order valence-corrected chi connectivity index (χ1v) is 8.33. The zero-order valence-corrected chi connectivity index (χ0v) is 13.4. The average molecular weight is 324 g/mol. The summed E-state index contributed by atoms with van der Waals surface area (Å²) in [5.41, 5.74) is 2.02. The number of rotatable bonds is 5. The molecule has 7 nitrogen and oxygen atoms in total. The van der Waals surface area contributed by atoms with Gasteiger partial charge in [-0.15, -0.1) is 5.10 Å². The third kappa shape index (κ3) is 2.82. The van der Waals surface area contributed by atoms with Crippen molar-refractivity contribution in [2.45, 2.75) is 38.3 Å². The topological polar surface area (TPSA) is 81.6 Å². The van der Waals surface area contributed by atoms with Crippen LogP contribution in [0, 0.1) is 0 Å². The van der Waals surface area contributed by atoms with Gasteiger partial charge in [-0.1, -0.05) is 6.07 Å². The van der Waals surface area contributed by atoms with Crippen LogP contribution in [0.5, 0.6) is 0 Å². The van der Waals surface area contributed by atoms with Gasteiger partial charge in [0, 0.05) is 43.7 Å². The summed E-state index contributed by atoms with van der Waals surface area (Å²) in [5, 5.41) is 18.2. The number of nitrogens with zero attached hydrogens (tertiary/aromatic N) is 6. The molecule has 0 radical (unpaired) electrons. The second-order valence-corrected chi connectivity index (χ2v) is 6.04. The lowest BCUT2D eigenvalue weighted by atomic mass is 9.95. The summed E-state index contributed by atoms with van der Waals surface area (Å²) in [6, 6.07) is 7.82. The number of fused-ring (bicyclic) bond motifs is 1. The van der Waals surface area contributed by atoms with Crippen molar-refractivity contribution in [3.63, 3.8) is 0 Å². The van der Waals surface area contributed by atoms with Gasteiger partial charge in [0.2, 0.25) is 0 Å². The molecule has 0 saturated carbocycles. The molecule has 24 heavy (non-hydrogen) atoms. The van der Waals surface area contributed by atoms with Crippen LogP contribution < -0.4 is 0 Å². The molecule has 0 fully saturated rings. The second-order valence-electron chi connectivity index (χ2n) is 6.04. The van der Waals surface area contributed by atoms with E-state index in [2.05, 4.69) is 25.9 Å². The maximum Gasteiger partial charge on any atom is 0.200 e. The molecule has 3 aromatic heterocycles. The molecule has 0 bridgehead atoms. The molecule has 1 aliphatic heterocycles. The van der Waals surface area contributed by atoms with Crippen molar-refractivity contribution in [3.8, 4) is 11.5 Å². The van der Waals surface area contributed by atoms with Gasteiger partial charge >= 0.3 is 0 Å². The number of aryl methyl sites for hydroxylation is 2. The van der Waals surface area contributed by atoms with Crippen molar-refractivity contribution in [3.05, 3.63) is 48.2 Å². The molecule has 1 N–H and O–H groups in total. The SMILES string of the molecule is OCCCn1nc(-c2ccccn2)nc1C1CCn2nccc2C1. The van der Waals surface area contributed by atoms with E-state index < -0.39 is 0 Å². The Balaban J connectivity index is 1.67. The summed E-state index contributed by atoms with van der Waals surface area (Å²) < 4.78 is 4.00.